The third-order valence-electron chi connectivity index (χ3n) is 4.87. The van der Waals surface area contributed by atoms with E-state index in [0.29, 0.717) is 4.83 Å². The fraction of sp³-hybridized carbons (Fsp3) is 0.588. The number of halogens is 1. The Labute approximate surface area is 129 Å². The van der Waals surface area contributed by atoms with E-state index in [1.165, 1.54) is 42.3 Å². The first-order valence-electron chi connectivity index (χ1n) is 7.73. The molecule has 2 nitrogen and oxygen atoms in total. The Bertz CT molecular complexity index is 590. The predicted molar refractivity (Wildman–Crippen MR) is 88.3 cm³/mol. The van der Waals surface area contributed by atoms with Gasteiger partial charge in [0.25, 0.3) is 0 Å². The van der Waals surface area contributed by atoms with E-state index in [1.807, 2.05) is 11.7 Å². The maximum absolute atomic E-state index is 4.76. The lowest BCUT2D eigenvalue weighted by Gasteiger charge is -2.32. The molecule has 0 radical (unpaired) electrons. The van der Waals surface area contributed by atoms with E-state index in [1.54, 1.807) is 0 Å². The van der Waals surface area contributed by atoms with Crippen LogP contribution in [0.1, 0.15) is 38.3 Å². The molecular weight excluding hydrogens is 312 g/mol. The summed E-state index contributed by atoms with van der Waals surface area (Å²) in [5.74, 6) is 1.63. The van der Waals surface area contributed by atoms with Crippen LogP contribution in [0.3, 0.4) is 0 Å². The van der Waals surface area contributed by atoms with Crippen molar-refractivity contribution in [2.75, 3.05) is 0 Å². The molecule has 1 aromatic heterocycles. The zero-order chi connectivity index (χ0) is 14.1. The summed E-state index contributed by atoms with van der Waals surface area (Å²) in [7, 11) is 2.05. The summed E-state index contributed by atoms with van der Waals surface area (Å²) >= 11 is 3.91. The van der Waals surface area contributed by atoms with Crippen molar-refractivity contribution in [3.05, 3.63) is 30.0 Å². The van der Waals surface area contributed by atoms with Crippen LogP contribution in [0.15, 0.2) is 24.3 Å². The zero-order valence-corrected chi connectivity index (χ0v) is 13.9. The molecule has 1 heterocycles. The molecule has 20 heavy (non-hydrogen) atoms. The van der Waals surface area contributed by atoms with Gasteiger partial charge < -0.3 is 0 Å². The molecule has 3 atom stereocenters. The van der Waals surface area contributed by atoms with Gasteiger partial charge in [-0.05, 0) is 43.6 Å². The van der Waals surface area contributed by atoms with Crippen molar-refractivity contribution < 1.29 is 0 Å². The van der Waals surface area contributed by atoms with Gasteiger partial charge in [-0.3, -0.25) is 4.68 Å². The summed E-state index contributed by atoms with van der Waals surface area (Å²) in [4.78, 5) is 0.658. The van der Waals surface area contributed by atoms with E-state index in [9.17, 15) is 0 Å². The van der Waals surface area contributed by atoms with E-state index in [4.69, 9.17) is 5.10 Å². The van der Waals surface area contributed by atoms with Gasteiger partial charge in [-0.15, -0.1) is 0 Å². The minimum absolute atomic E-state index is 0.658. The van der Waals surface area contributed by atoms with Gasteiger partial charge in [0, 0.05) is 17.3 Å². The number of benzene rings is 1. The summed E-state index contributed by atoms with van der Waals surface area (Å²) in [6.45, 7) is 2.33. The Morgan fingerprint density at radius 3 is 2.90 bits per heavy atom. The fourth-order valence-corrected chi connectivity index (χ4v) is 4.26. The maximum atomic E-state index is 4.76. The van der Waals surface area contributed by atoms with Gasteiger partial charge in [0.15, 0.2) is 0 Å². The molecule has 1 aromatic carbocycles. The fourth-order valence-electron chi connectivity index (χ4n) is 3.59. The molecule has 0 aliphatic heterocycles. The summed E-state index contributed by atoms with van der Waals surface area (Å²) in [6.07, 6.45) is 6.46. The molecule has 3 heteroatoms. The van der Waals surface area contributed by atoms with Crippen LogP contribution >= 0.6 is 15.9 Å². The second kappa shape index (κ2) is 5.88. The number of rotatable bonds is 3. The van der Waals surface area contributed by atoms with Crippen molar-refractivity contribution in [2.24, 2.45) is 18.9 Å². The molecule has 1 aliphatic carbocycles. The third kappa shape index (κ3) is 2.65. The molecule has 3 rings (SSSR count). The average molecular weight is 335 g/mol. The number of hydrogen-bond acceptors (Lipinski definition) is 1. The molecular formula is C17H23BrN2. The molecule has 0 spiro atoms. The van der Waals surface area contributed by atoms with Crippen molar-refractivity contribution in [1.82, 2.24) is 9.78 Å². The van der Waals surface area contributed by atoms with Crippen molar-refractivity contribution >= 4 is 26.8 Å². The van der Waals surface area contributed by atoms with Gasteiger partial charge in [-0.1, -0.05) is 47.5 Å². The van der Waals surface area contributed by atoms with Gasteiger partial charge in [0.2, 0.25) is 0 Å². The van der Waals surface area contributed by atoms with E-state index < -0.39 is 0 Å². The molecule has 1 saturated carbocycles. The first-order chi connectivity index (χ1) is 9.69. The molecule has 0 amide bonds. The minimum atomic E-state index is 0.658. The summed E-state index contributed by atoms with van der Waals surface area (Å²) < 4.78 is 2.02. The third-order valence-corrected chi connectivity index (χ3v) is 6.07. The monoisotopic (exact) mass is 334 g/mol. The first-order valence-corrected chi connectivity index (χ1v) is 8.65. The Kier molecular flexibility index (Phi) is 4.16. The number of nitrogens with zero attached hydrogens (tertiary/aromatic N) is 2. The van der Waals surface area contributed by atoms with Crippen molar-refractivity contribution in [3.63, 3.8) is 0 Å². The predicted octanol–water partition coefficient (Wildman–Crippen LogP) is 4.71. The molecule has 0 N–H and O–H groups in total. The molecule has 108 valence electrons. The second-order valence-corrected chi connectivity index (χ2v) is 7.33. The summed E-state index contributed by atoms with van der Waals surface area (Å²) in [5.41, 5.74) is 2.52. The number of aromatic nitrogens is 2. The van der Waals surface area contributed by atoms with Crippen molar-refractivity contribution in [3.8, 4) is 0 Å². The maximum Gasteiger partial charge on any atom is 0.0706 e. The lowest BCUT2D eigenvalue weighted by molar-refractivity contribution is 0.270. The average Bonchev–Trinajstić information content (AvgIpc) is 2.78. The molecule has 1 fully saturated rings. The quantitative estimate of drug-likeness (QED) is 0.743. The number of alkyl halides is 1. The highest BCUT2D eigenvalue weighted by Gasteiger charge is 2.29. The van der Waals surface area contributed by atoms with E-state index in [2.05, 4.69) is 47.1 Å². The van der Waals surface area contributed by atoms with Gasteiger partial charge in [-0.2, -0.15) is 5.10 Å². The standard InChI is InChI=1S/C17H23BrN2/c1-3-12-8-9-15(18)13(10-12)11-16-14-6-4-5-7-17(14)20(2)19-16/h4-7,12-13,15H,3,8-11H2,1-2H3. The van der Waals surface area contributed by atoms with Crippen LogP contribution in [-0.2, 0) is 13.5 Å². The van der Waals surface area contributed by atoms with Crippen LogP contribution < -0.4 is 0 Å². The highest BCUT2D eigenvalue weighted by molar-refractivity contribution is 9.09. The highest BCUT2D eigenvalue weighted by atomic mass is 79.9. The van der Waals surface area contributed by atoms with Crippen LogP contribution in [0.5, 0.6) is 0 Å². The minimum Gasteiger partial charge on any atom is -0.268 e. The molecule has 0 bridgehead atoms. The molecule has 0 saturated heterocycles. The Morgan fingerprint density at radius 1 is 1.30 bits per heavy atom. The number of hydrogen-bond donors (Lipinski definition) is 0. The number of fused-ring (bicyclic) bond motifs is 1. The lowest BCUT2D eigenvalue weighted by atomic mass is 9.78. The zero-order valence-electron chi connectivity index (χ0n) is 12.3. The molecule has 3 unspecified atom stereocenters. The van der Waals surface area contributed by atoms with Crippen LogP contribution in [0, 0.1) is 11.8 Å². The van der Waals surface area contributed by atoms with Crippen molar-refractivity contribution in [2.45, 2.75) is 43.9 Å². The SMILES string of the molecule is CCC1CCC(Br)C(Cc2nn(C)c3ccccc23)C1. The normalized spacial score (nSPS) is 27.1. The Hall–Kier alpha value is -0.830. The van der Waals surface area contributed by atoms with E-state index >= 15 is 0 Å². The Balaban J connectivity index is 1.85. The topological polar surface area (TPSA) is 17.8 Å². The van der Waals surface area contributed by atoms with Gasteiger partial charge in [0.05, 0.1) is 11.2 Å². The highest BCUT2D eigenvalue weighted by Crippen LogP contribution is 2.37. The largest absolute Gasteiger partial charge is 0.268 e. The van der Waals surface area contributed by atoms with Crippen molar-refractivity contribution in [1.29, 1.82) is 0 Å². The van der Waals surface area contributed by atoms with Crippen LogP contribution in [0.2, 0.25) is 0 Å². The van der Waals surface area contributed by atoms with Gasteiger partial charge in [-0.25, -0.2) is 0 Å². The van der Waals surface area contributed by atoms with Crippen LogP contribution in [0.4, 0.5) is 0 Å². The summed E-state index contributed by atoms with van der Waals surface area (Å²) in [6, 6.07) is 8.58. The van der Waals surface area contributed by atoms with E-state index in [0.717, 1.165) is 18.3 Å². The Morgan fingerprint density at radius 2 is 2.10 bits per heavy atom. The van der Waals surface area contributed by atoms with Crippen LogP contribution in [0.25, 0.3) is 10.9 Å². The van der Waals surface area contributed by atoms with Crippen LogP contribution in [-0.4, -0.2) is 14.6 Å². The molecule has 1 aliphatic rings. The van der Waals surface area contributed by atoms with Gasteiger partial charge >= 0.3 is 0 Å². The summed E-state index contributed by atoms with van der Waals surface area (Å²) in [5, 5.41) is 6.09. The first kappa shape index (κ1) is 14.1. The van der Waals surface area contributed by atoms with E-state index in [-0.39, 0.29) is 0 Å². The smallest absolute Gasteiger partial charge is 0.0706 e. The van der Waals surface area contributed by atoms with Gasteiger partial charge in [0.1, 0.15) is 0 Å². The molecule has 2 aromatic rings. The number of aryl methyl sites for hydroxylation is 1. The number of para-hydroxylation sites is 1. The second-order valence-electron chi connectivity index (χ2n) is 6.15. The lowest BCUT2D eigenvalue weighted by Crippen LogP contribution is -2.26.